The number of benzene rings is 1. The van der Waals surface area contributed by atoms with E-state index in [-0.39, 0.29) is 6.61 Å². The summed E-state index contributed by atoms with van der Waals surface area (Å²) in [4.78, 5) is 21.7. The smallest absolute Gasteiger partial charge is 0.329 e. The Morgan fingerprint density at radius 1 is 1.33 bits per heavy atom. The molecule has 0 spiro atoms. The Kier molecular flexibility index (Phi) is 5.13. The molecule has 0 saturated heterocycles. The molecule has 0 aliphatic carbocycles. The number of amides is 1. The highest BCUT2D eigenvalue weighted by Gasteiger charge is 2.08. The molecule has 1 aromatic rings. The fourth-order valence-electron chi connectivity index (χ4n) is 1.32. The van der Waals surface area contributed by atoms with Crippen LogP contribution in [-0.4, -0.2) is 37.3 Å². The molecule has 98 valence electrons. The molecule has 18 heavy (non-hydrogen) atoms. The van der Waals surface area contributed by atoms with E-state index >= 15 is 0 Å². The van der Waals surface area contributed by atoms with Gasteiger partial charge in [-0.05, 0) is 24.6 Å². The van der Waals surface area contributed by atoms with E-state index in [2.05, 4.69) is 10.1 Å². The van der Waals surface area contributed by atoms with Gasteiger partial charge < -0.3 is 19.9 Å². The van der Waals surface area contributed by atoms with Crippen molar-refractivity contribution in [2.75, 3.05) is 25.6 Å². The van der Waals surface area contributed by atoms with Crippen LogP contribution in [0.15, 0.2) is 18.2 Å². The van der Waals surface area contributed by atoms with Gasteiger partial charge in [0.2, 0.25) is 5.91 Å². The van der Waals surface area contributed by atoms with Gasteiger partial charge in [0, 0.05) is 0 Å². The molecule has 0 bridgehead atoms. The third kappa shape index (κ3) is 4.42. The van der Waals surface area contributed by atoms with E-state index in [1.54, 1.807) is 12.1 Å². The van der Waals surface area contributed by atoms with Crippen molar-refractivity contribution in [3.05, 3.63) is 23.8 Å². The van der Waals surface area contributed by atoms with Gasteiger partial charge in [-0.3, -0.25) is 4.79 Å². The first-order chi connectivity index (χ1) is 8.52. The SMILES string of the molecule is COc1cc(C)ccc1NC(=O)COCC(=O)O. The van der Waals surface area contributed by atoms with E-state index in [0.29, 0.717) is 11.4 Å². The molecule has 0 aliphatic heterocycles. The molecular formula is C12H15NO5. The van der Waals surface area contributed by atoms with Gasteiger partial charge in [-0.25, -0.2) is 4.79 Å². The third-order valence-electron chi connectivity index (χ3n) is 2.09. The van der Waals surface area contributed by atoms with Crippen molar-refractivity contribution < 1.29 is 24.2 Å². The first-order valence-corrected chi connectivity index (χ1v) is 5.27. The Balaban J connectivity index is 2.56. The highest BCUT2D eigenvalue weighted by atomic mass is 16.5. The molecule has 1 amide bonds. The summed E-state index contributed by atoms with van der Waals surface area (Å²) in [6.07, 6.45) is 0. The van der Waals surface area contributed by atoms with Gasteiger partial charge in [0.15, 0.2) is 0 Å². The van der Waals surface area contributed by atoms with Crippen LogP contribution in [0.4, 0.5) is 5.69 Å². The number of hydrogen-bond acceptors (Lipinski definition) is 4. The predicted molar refractivity (Wildman–Crippen MR) is 64.8 cm³/mol. The zero-order valence-electron chi connectivity index (χ0n) is 10.2. The molecule has 0 aromatic heterocycles. The molecule has 0 heterocycles. The minimum Gasteiger partial charge on any atom is -0.495 e. The van der Waals surface area contributed by atoms with Gasteiger partial charge in [-0.1, -0.05) is 6.07 Å². The van der Waals surface area contributed by atoms with Crippen LogP contribution in [0.3, 0.4) is 0 Å². The lowest BCUT2D eigenvalue weighted by Gasteiger charge is -2.10. The van der Waals surface area contributed by atoms with E-state index < -0.39 is 18.5 Å². The quantitative estimate of drug-likeness (QED) is 0.791. The zero-order valence-corrected chi connectivity index (χ0v) is 10.2. The summed E-state index contributed by atoms with van der Waals surface area (Å²) in [5.74, 6) is -1.00. The van der Waals surface area contributed by atoms with Crippen molar-refractivity contribution in [3.8, 4) is 5.75 Å². The molecule has 1 rings (SSSR count). The highest BCUT2D eigenvalue weighted by Crippen LogP contribution is 2.24. The number of carboxylic acid groups (broad SMARTS) is 1. The Morgan fingerprint density at radius 3 is 2.67 bits per heavy atom. The number of anilines is 1. The molecule has 6 nitrogen and oxygen atoms in total. The van der Waals surface area contributed by atoms with Crippen LogP contribution in [0.1, 0.15) is 5.56 Å². The van der Waals surface area contributed by atoms with E-state index in [1.165, 1.54) is 7.11 Å². The largest absolute Gasteiger partial charge is 0.495 e. The predicted octanol–water partition coefficient (Wildman–Crippen LogP) is 1.04. The second kappa shape index (κ2) is 6.61. The standard InChI is InChI=1S/C12H15NO5/c1-8-3-4-9(10(5-8)17-2)13-11(14)6-18-7-12(15)16/h3-5H,6-7H2,1-2H3,(H,13,14)(H,15,16). The van der Waals surface area contributed by atoms with Crippen LogP contribution in [0.5, 0.6) is 5.75 Å². The Hall–Kier alpha value is -2.08. The molecule has 1 aromatic carbocycles. The molecule has 0 radical (unpaired) electrons. The van der Waals surface area contributed by atoms with E-state index in [1.807, 2.05) is 13.0 Å². The second-order valence-corrected chi connectivity index (χ2v) is 3.64. The lowest BCUT2D eigenvalue weighted by atomic mass is 10.2. The minimum atomic E-state index is -1.12. The Bertz CT molecular complexity index is 444. The number of methoxy groups -OCH3 is 1. The summed E-state index contributed by atoms with van der Waals surface area (Å²) in [7, 11) is 1.51. The number of carboxylic acids is 1. The van der Waals surface area contributed by atoms with Crippen LogP contribution < -0.4 is 10.1 Å². The van der Waals surface area contributed by atoms with Crippen molar-refractivity contribution in [3.63, 3.8) is 0 Å². The summed E-state index contributed by atoms with van der Waals surface area (Å²) in [5, 5.41) is 10.9. The first-order valence-electron chi connectivity index (χ1n) is 5.27. The lowest BCUT2D eigenvalue weighted by molar-refractivity contribution is -0.143. The van der Waals surface area contributed by atoms with Gasteiger partial charge >= 0.3 is 5.97 Å². The number of nitrogens with one attached hydrogen (secondary N) is 1. The summed E-state index contributed by atoms with van der Waals surface area (Å²) < 4.78 is 9.79. The topological polar surface area (TPSA) is 84.9 Å². The normalized spacial score (nSPS) is 9.89. The van der Waals surface area contributed by atoms with Gasteiger partial charge in [0.25, 0.3) is 0 Å². The van der Waals surface area contributed by atoms with Crippen molar-refractivity contribution in [2.24, 2.45) is 0 Å². The number of ether oxygens (including phenoxy) is 2. The van der Waals surface area contributed by atoms with Gasteiger partial charge in [0.1, 0.15) is 19.0 Å². The van der Waals surface area contributed by atoms with Crippen LogP contribution >= 0.6 is 0 Å². The summed E-state index contributed by atoms with van der Waals surface area (Å²) in [5.41, 5.74) is 1.53. The maximum Gasteiger partial charge on any atom is 0.329 e. The van der Waals surface area contributed by atoms with E-state index in [9.17, 15) is 9.59 Å². The maximum absolute atomic E-state index is 11.5. The number of aryl methyl sites for hydroxylation is 1. The first kappa shape index (κ1) is 14.0. The third-order valence-corrected chi connectivity index (χ3v) is 2.09. The fraction of sp³-hybridized carbons (Fsp3) is 0.333. The van der Waals surface area contributed by atoms with Crippen LogP contribution in [0.25, 0.3) is 0 Å². The zero-order chi connectivity index (χ0) is 13.5. The number of carbonyl (C=O) groups excluding carboxylic acids is 1. The van der Waals surface area contributed by atoms with Crippen LogP contribution in [0, 0.1) is 6.92 Å². The molecule has 0 unspecified atom stereocenters. The highest BCUT2D eigenvalue weighted by molar-refractivity contribution is 5.93. The van der Waals surface area contributed by atoms with Gasteiger partial charge in [-0.2, -0.15) is 0 Å². The van der Waals surface area contributed by atoms with Crippen LogP contribution in [0.2, 0.25) is 0 Å². The minimum absolute atomic E-state index is 0.316. The van der Waals surface area contributed by atoms with E-state index in [0.717, 1.165) is 5.56 Å². The molecule has 0 saturated carbocycles. The average Bonchev–Trinajstić information content (AvgIpc) is 2.31. The van der Waals surface area contributed by atoms with Crippen molar-refractivity contribution in [1.82, 2.24) is 0 Å². The van der Waals surface area contributed by atoms with Crippen molar-refractivity contribution in [1.29, 1.82) is 0 Å². The summed E-state index contributed by atoms with van der Waals surface area (Å²) in [6, 6.07) is 5.33. The Labute approximate surface area is 105 Å². The number of rotatable bonds is 6. The Morgan fingerprint density at radius 2 is 2.06 bits per heavy atom. The maximum atomic E-state index is 11.5. The lowest BCUT2D eigenvalue weighted by Crippen LogP contribution is -2.21. The van der Waals surface area contributed by atoms with Gasteiger partial charge in [0.05, 0.1) is 12.8 Å². The number of aliphatic carboxylic acids is 1. The molecule has 6 heteroatoms. The van der Waals surface area contributed by atoms with Gasteiger partial charge in [-0.15, -0.1) is 0 Å². The average molecular weight is 253 g/mol. The summed E-state index contributed by atoms with van der Waals surface area (Å²) >= 11 is 0. The molecular weight excluding hydrogens is 238 g/mol. The monoisotopic (exact) mass is 253 g/mol. The molecule has 0 atom stereocenters. The number of hydrogen-bond donors (Lipinski definition) is 2. The molecule has 0 aliphatic rings. The van der Waals surface area contributed by atoms with Crippen molar-refractivity contribution in [2.45, 2.75) is 6.92 Å². The fourth-order valence-corrected chi connectivity index (χ4v) is 1.32. The van der Waals surface area contributed by atoms with Crippen LogP contribution in [-0.2, 0) is 14.3 Å². The van der Waals surface area contributed by atoms with Crippen molar-refractivity contribution >= 4 is 17.6 Å². The second-order valence-electron chi connectivity index (χ2n) is 3.64. The summed E-state index contributed by atoms with van der Waals surface area (Å²) in [6.45, 7) is 1.09. The number of carbonyl (C=O) groups is 2. The molecule has 2 N–H and O–H groups in total. The molecule has 0 fully saturated rings. The van der Waals surface area contributed by atoms with E-state index in [4.69, 9.17) is 9.84 Å².